The molecule has 170 valence electrons. The molecule has 0 fully saturated rings. The van der Waals surface area contributed by atoms with Gasteiger partial charge in [-0.05, 0) is 70.0 Å². The summed E-state index contributed by atoms with van der Waals surface area (Å²) >= 11 is 0. The Labute approximate surface area is 205 Å². The minimum Gasteiger partial charge on any atom is -0.481 e. The average molecular weight is 455 g/mol. The number of rotatable bonds is 3. The van der Waals surface area contributed by atoms with Gasteiger partial charge in [-0.2, -0.15) is 0 Å². The zero-order chi connectivity index (χ0) is 23.8. The maximum Gasteiger partial charge on any atom is 0.214 e. The van der Waals surface area contributed by atoms with E-state index in [4.69, 9.17) is 9.72 Å². The Kier molecular flexibility index (Phi) is 5.18. The molecule has 0 aliphatic heterocycles. The van der Waals surface area contributed by atoms with Crippen LogP contribution in [0.4, 0.5) is 0 Å². The fourth-order valence-electron chi connectivity index (χ4n) is 5.39. The van der Waals surface area contributed by atoms with Crippen LogP contribution >= 0.6 is 0 Å². The monoisotopic (exact) mass is 454 g/mol. The maximum absolute atomic E-state index is 5.58. The van der Waals surface area contributed by atoms with Gasteiger partial charge in [0.2, 0.25) is 5.88 Å². The second-order valence-electron chi connectivity index (χ2n) is 9.10. The fourth-order valence-corrected chi connectivity index (χ4v) is 5.39. The van der Waals surface area contributed by atoms with Crippen LogP contribution in [0.3, 0.4) is 0 Å². The highest BCUT2D eigenvalue weighted by Gasteiger charge is 2.34. The van der Waals surface area contributed by atoms with Gasteiger partial charge >= 0.3 is 0 Å². The van der Waals surface area contributed by atoms with Crippen molar-refractivity contribution >= 4 is 10.9 Å². The zero-order valence-corrected chi connectivity index (χ0v) is 19.7. The molecule has 3 aromatic carbocycles. The summed E-state index contributed by atoms with van der Waals surface area (Å²) in [6.45, 7) is 4.36. The summed E-state index contributed by atoms with van der Waals surface area (Å²) in [5, 5.41) is 1.09. The van der Waals surface area contributed by atoms with Gasteiger partial charge in [-0.15, -0.1) is 6.58 Å². The van der Waals surface area contributed by atoms with Crippen LogP contribution in [0.5, 0.6) is 5.88 Å². The third-order valence-corrected chi connectivity index (χ3v) is 7.20. The number of aromatic nitrogens is 2. The molecule has 1 unspecified atom stereocenters. The van der Waals surface area contributed by atoms with Gasteiger partial charge in [-0.3, -0.25) is 4.98 Å². The summed E-state index contributed by atoms with van der Waals surface area (Å²) in [7, 11) is 1.67. The number of methoxy groups -OCH3 is 1. The number of benzene rings is 3. The molecule has 0 amide bonds. The molecule has 6 rings (SSSR count). The summed E-state index contributed by atoms with van der Waals surface area (Å²) in [6.07, 6.45) is 7.75. The number of nitrogens with zero attached hydrogens (tertiary/aromatic N) is 2. The molecule has 0 spiro atoms. The van der Waals surface area contributed by atoms with E-state index in [0.29, 0.717) is 5.88 Å². The number of allylic oxidation sites excluding steroid dienone is 1. The van der Waals surface area contributed by atoms with E-state index in [2.05, 4.69) is 90.4 Å². The van der Waals surface area contributed by atoms with Crippen LogP contribution < -0.4 is 4.74 Å². The van der Waals surface area contributed by atoms with E-state index >= 15 is 0 Å². The van der Waals surface area contributed by atoms with E-state index in [0.717, 1.165) is 40.4 Å². The lowest BCUT2D eigenvalue weighted by molar-refractivity contribution is 0.400. The molecule has 2 aromatic heterocycles. The Morgan fingerprint density at radius 1 is 0.829 bits per heavy atom. The van der Waals surface area contributed by atoms with Crippen LogP contribution in [0, 0.1) is 0 Å². The molecular formula is C32H26N2O. The second kappa shape index (κ2) is 8.52. The average Bonchev–Trinajstić information content (AvgIpc) is 2.93. The maximum atomic E-state index is 5.58. The molecule has 5 aromatic rings. The van der Waals surface area contributed by atoms with Crippen molar-refractivity contribution in [2.45, 2.75) is 18.3 Å². The summed E-state index contributed by atoms with van der Waals surface area (Å²) in [5.74, 6) is 0.615. The molecule has 35 heavy (non-hydrogen) atoms. The first-order chi connectivity index (χ1) is 17.2. The van der Waals surface area contributed by atoms with Crippen molar-refractivity contribution in [3.05, 3.63) is 138 Å². The van der Waals surface area contributed by atoms with Gasteiger partial charge in [-0.1, -0.05) is 66.7 Å². The molecular weight excluding hydrogens is 428 g/mol. The van der Waals surface area contributed by atoms with E-state index in [1.807, 2.05) is 24.5 Å². The number of fused-ring (bicyclic) bond motifs is 6. The summed E-state index contributed by atoms with van der Waals surface area (Å²) < 4.78 is 5.58. The molecule has 0 saturated carbocycles. The Balaban J connectivity index is 1.75. The van der Waals surface area contributed by atoms with Gasteiger partial charge in [0.25, 0.3) is 0 Å². The molecule has 0 radical (unpaired) electrons. The van der Waals surface area contributed by atoms with Crippen molar-refractivity contribution in [3.63, 3.8) is 0 Å². The first kappa shape index (κ1) is 21.3. The van der Waals surface area contributed by atoms with Crippen molar-refractivity contribution < 1.29 is 4.74 Å². The lowest BCUT2D eigenvalue weighted by Gasteiger charge is -2.33. The standard InChI is InChI=1S/C32H26N2O/c1-3-32(27-11-6-16-33-21-27)25-10-5-8-23(18-25)13-12-22-7-4-9-24(17-22)28-20-31(35-2)34-30-15-14-26(32)19-29(28)30/h3-11,14-21H,1,12-13H2,2H3. The molecule has 2 heterocycles. The van der Waals surface area contributed by atoms with Crippen molar-refractivity contribution in [2.24, 2.45) is 0 Å². The van der Waals surface area contributed by atoms with E-state index < -0.39 is 5.41 Å². The topological polar surface area (TPSA) is 35.0 Å². The Bertz CT molecular complexity index is 1560. The van der Waals surface area contributed by atoms with Crippen molar-refractivity contribution in [1.82, 2.24) is 9.97 Å². The van der Waals surface area contributed by atoms with Crippen molar-refractivity contribution in [1.29, 1.82) is 0 Å². The second-order valence-corrected chi connectivity index (χ2v) is 9.10. The molecule has 3 nitrogen and oxygen atoms in total. The van der Waals surface area contributed by atoms with Gasteiger partial charge in [0.1, 0.15) is 0 Å². The van der Waals surface area contributed by atoms with Crippen LogP contribution in [0.1, 0.15) is 27.8 Å². The smallest absolute Gasteiger partial charge is 0.214 e. The molecule has 3 heteroatoms. The van der Waals surface area contributed by atoms with Crippen LogP contribution in [0.15, 0.2) is 110 Å². The van der Waals surface area contributed by atoms with Crippen LogP contribution in [-0.4, -0.2) is 17.1 Å². The van der Waals surface area contributed by atoms with Gasteiger partial charge in [-0.25, -0.2) is 4.98 Å². The third-order valence-electron chi connectivity index (χ3n) is 7.20. The SMILES string of the molecule is C=CC1(c2cccnc2)c2cccc(c2)CCc2cccc(c2)-c2cc(OC)nc3ccc1cc23. The Morgan fingerprint density at radius 2 is 1.60 bits per heavy atom. The number of hydrogen-bond acceptors (Lipinski definition) is 3. The van der Waals surface area contributed by atoms with Crippen LogP contribution in [0.2, 0.25) is 0 Å². The molecule has 1 aliphatic rings. The normalized spacial score (nSPS) is 16.7. The van der Waals surface area contributed by atoms with Crippen LogP contribution in [0.25, 0.3) is 22.0 Å². The van der Waals surface area contributed by atoms with Gasteiger partial charge < -0.3 is 4.74 Å². The first-order valence-corrected chi connectivity index (χ1v) is 11.9. The highest BCUT2D eigenvalue weighted by Crippen LogP contribution is 2.43. The number of aryl methyl sites for hydroxylation is 2. The third kappa shape index (κ3) is 3.52. The van der Waals surface area contributed by atoms with E-state index in [9.17, 15) is 0 Å². The molecule has 1 aliphatic carbocycles. The number of hydrogen-bond donors (Lipinski definition) is 0. The predicted molar refractivity (Wildman–Crippen MR) is 142 cm³/mol. The van der Waals surface area contributed by atoms with Gasteiger partial charge in [0.05, 0.1) is 18.0 Å². The highest BCUT2D eigenvalue weighted by molar-refractivity contribution is 5.96. The molecule has 1 atom stereocenters. The number of pyridine rings is 2. The van der Waals surface area contributed by atoms with Gasteiger partial charge in [0.15, 0.2) is 0 Å². The first-order valence-electron chi connectivity index (χ1n) is 11.9. The molecule has 6 bridgehead atoms. The fraction of sp³-hybridized carbons (Fsp3) is 0.125. The summed E-state index contributed by atoms with van der Waals surface area (Å²) in [6, 6.07) is 30.4. The molecule has 0 N–H and O–H groups in total. The van der Waals surface area contributed by atoms with Crippen LogP contribution in [-0.2, 0) is 18.3 Å². The van der Waals surface area contributed by atoms with Gasteiger partial charge in [0, 0.05) is 23.8 Å². The van der Waals surface area contributed by atoms with E-state index in [1.54, 1.807) is 7.11 Å². The highest BCUT2D eigenvalue weighted by atomic mass is 16.5. The molecule has 0 saturated heterocycles. The van der Waals surface area contributed by atoms with E-state index in [1.165, 1.54) is 22.3 Å². The lowest BCUT2D eigenvalue weighted by atomic mass is 9.69. The minimum atomic E-state index is -0.553. The zero-order valence-electron chi connectivity index (χ0n) is 19.7. The Morgan fingerprint density at radius 3 is 2.37 bits per heavy atom. The largest absolute Gasteiger partial charge is 0.481 e. The summed E-state index contributed by atoms with van der Waals surface area (Å²) in [5.41, 5.74) is 8.67. The van der Waals surface area contributed by atoms with E-state index in [-0.39, 0.29) is 0 Å². The quantitative estimate of drug-likeness (QED) is 0.277. The number of ether oxygens (including phenoxy) is 1. The van der Waals surface area contributed by atoms with Crippen molar-refractivity contribution in [3.8, 4) is 17.0 Å². The minimum absolute atomic E-state index is 0.553. The lowest BCUT2D eigenvalue weighted by Crippen LogP contribution is -2.27. The summed E-state index contributed by atoms with van der Waals surface area (Å²) in [4.78, 5) is 9.25. The van der Waals surface area contributed by atoms with Crippen molar-refractivity contribution in [2.75, 3.05) is 7.11 Å². The predicted octanol–water partition coefficient (Wildman–Crippen LogP) is 6.92. The Hall–Kier alpha value is -4.24.